The predicted octanol–water partition coefficient (Wildman–Crippen LogP) is 0.481. The van der Waals surface area contributed by atoms with Gasteiger partial charge in [-0.1, -0.05) is 24.3 Å². The highest BCUT2D eigenvalue weighted by Gasteiger charge is 2.18. The second-order valence-corrected chi connectivity index (χ2v) is 6.32. The summed E-state index contributed by atoms with van der Waals surface area (Å²) in [7, 11) is 0. The summed E-state index contributed by atoms with van der Waals surface area (Å²) in [5, 5.41) is 10.7. The lowest BCUT2D eigenvalue weighted by atomic mass is 10.1. The summed E-state index contributed by atoms with van der Waals surface area (Å²) in [6.45, 7) is 0.120. The van der Waals surface area contributed by atoms with Crippen molar-refractivity contribution in [1.82, 2.24) is 0 Å². The second-order valence-electron chi connectivity index (χ2n) is 6.32. The van der Waals surface area contributed by atoms with Gasteiger partial charge >= 0.3 is 17.9 Å². The molecule has 174 valence electrons. The van der Waals surface area contributed by atoms with Crippen LogP contribution >= 0.6 is 0 Å². The van der Waals surface area contributed by atoms with E-state index >= 15 is 0 Å². The number of ether oxygens (including phenoxy) is 3. The van der Waals surface area contributed by atoms with Crippen molar-refractivity contribution in [2.75, 3.05) is 13.4 Å². The first-order valence-electron chi connectivity index (χ1n) is 9.31. The van der Waals surface area contributed by atoms with Gasteiger partial charge in [0, 0.05) is 13.3 Å². The number of nitrogens with zero attached hydrogens (tertiary/aromatic N) is 1. The highest BCUT2D eigenvalue weighted by Crippen LogP contribution is 2.19. The first-order chi connectivity index (χ1) is 15.8. The molecule has 2 aromatic carbocycles. The summed E-state index contributed by atoms with van der Waals surface area (Å²) in [5.41, 5.74) is 0.663. The predicted molar refractivity (Wildman–Crippen MR) is 106 cm³/mol. The quantitative estimate of drug-likeness (QED) is 0.153. The van der Waals surface area contributed by atoms with Gasteiger partial charge in [-0.3, -0.25) is 4.79 Å². The molecule has 0 aliphatic carbocycles. The molecule has 0 spiro atoms. The van der Waals surface area contributed by atoms with E-state index < -0.39 is 35.9 Å². The molecule has 0 heterocycles. The van der Waals surface area contributed by atoms with E-state index in [1.807, 2.05) is 0 Å². The van der Waals surface area contributed by atoms with Gasteiger partial charge in [0.15, 0.2) is 12.7 Å². The average molecular weight is 463 g/mol. The average Bonchev–Trinajstić information content (AvgIpc) is 2.77. The van der Waals surface area contributed by atoms with E-state index in [1.165, 1.54) is 43.3 Å². The molecule has 13 nitrogen and oxygen atoms in total. The van der Waals surface area contributed by atoms with E-state index in [9.17, 15) is 29.4 Å². The topological polar surface area (TPSA) is 172 Å². The monoisotopic (exact) mass is 463 g/mol. The Morgan fingerprint density at radius 2 is 1.70 bits per heavy atom. The first-order valence-corrected chi connectivity index (χ1v) is 9.31. The van der Waals surface area contributed by atoms with Gasteiger partial charge in [-0.2, -0.15) is 0 Å². The highest BCUT2D eigenvalue weighted by molar-refractivity contribution is 5.93. The zero-order valence-corrected chi connectivity index (χ0v) is 17.3. The molecule has 0 amide bonds. The summed E-state index contributed by atoms with van der Waals surface area (Å²) >= 11 is 0. The number of rotatable bonds is 12. The Labute approximate surface area is 186 Å². The largest absolute Gasteiger partial charge is 0.426 e. The standard InChI is InChI=1S/C20H19N2O11/c1-13(23)32-18-5-3-2-4-17(18)20(25)30-12-29-19(24)15-8-6-14(7-9-15)10-16(11-31-21-26)33-22(27)28/h2-9,16,21H,10-12H2,1H3/q+1. The normalized spacial score (nSPS) is 10.9. The van der Waals surface area contributed by atoms with E-state index in [4.69, 9.17) is 14.2 Å². The minimum Gasteiger partial charge on any atom is -0.426 e. The van der Waals surface area contributed by atoms with E-state index in [1.54, 1.807) is 12.1 Å². The zero-order chi connectivity index (χ0) is 24.2. The van der Waals surface area contributed by atoms with Crippen molar-refractivity contribution in [1.29, 1.82) is 0 Å². The van der Waals surface area contributed by atoms with Gasteiger partial charge in [-0.15, -0.1) is 10.1 Å². The van der Waals surface area contributed by atoms with Crippen molar-refractivity contribution in [2.45, 2.75) is 19.4 Å². The molecule has 2 aromatic rings. The third-order valence-electron chi connectivity index (χ3n) is 3.96. The lowest BCUT2D eigenvalue weighted by Crippen LogP contribution is -2.64. The molecule has 1 N–H and O–H groups in total. The van der Waals surface area contributed by atoms with Gasteiger partial charge in [0.2, 0.25) is 12.1 Å². The Morgan fingerprint density at radius 3 is 2.33 bits per heavy atom. The smallest absolute Gasteiger partial charge is 0.344 e. The molecular weight excluding hydrogens is 444 g/mol. The molecule has 1 atom stereocenters. The number of benzene rings is 2. The van der Waals surface area contributed by atoms with Gasteiger partial charge < -0.3 is 19.0 Å². The minimum absolute atomic E-state index is 0.00714. The van der Waals surface area contributed by atoms with E-state index in [0.29, 0.717) is 5.56 Å². The van der Waals surface area contributed by atoms with Crippen molar-refractivity contribution in [3.05, 3.63) is 80.2 Å². The van der Waals surface area contributed by atoms with E-state index in [2.05, 4.69) is 9.68 Å². The van der Waals surface area contributed by atoms with Crippen molar-refractivity contribution in [2.24, 2.45) is 0 Å². The Hall–Kier alpha value is -4.55. The number of nitrogens with one attached hydrogen (secondary N) is 1. The third kappa shape index (κ3) is 8.24. The number of carbonyl (C=O) groups excluding carboxylic acids is 3. The zero-order valence-electron chi connectivity index (χ0n) is 17.3. The molecule has 2 rings (SSSR count). The maximum absolute atomic E-state index is 12.2. The number of esters is 3. The number of carbonyl (C=O) groups is 3. The molecular formula is C20H19N2O11+. The summed E-state index contributed by atoms with van der Waals surface area (Å²) in [6.07, 6.45) is -1.02. The molecule has 0 saturated carbocycles. The van der Waals surface area contributed by atoms with Crippen LogP contribution in [0.5, 0.6) is 5.75 Å². The fraction of sp³-hybridized carbons (Fsp3) is 0.250. The second kappa shape index (κ2) is 12.3. The van der Waals surface area contributed by atoms with E-state index in [-0.39, 0.29) is 29.9 Å². The van der Waals surface area contributed by atoms with Gasteiger partial charge in [-0.05, 0) is 29.8 Å². The van der Waals surface area contributed by atoms with Crippen LogP contribution in [-0.2, 0) is 30.4 Å². The molecule has 13 heteroatoms. The Kier molecular flexibility index (Phi) is 9.24. The fourth-order valence-electron chi connectivity index (χ4n) is 2.59. The van der Waals surface area contributed by atoms with Crippen LogP contribution in [0.4, 0.5) is 0 Å². The Balaban J connectivity index is 1.89. The molecule has 0 aliphatic rings. The van der Waals surface area contributed by atoms with Gasteiger partial charge in [0.25, 0.3) is 5.09 Å². The van der Waals surface area contributed by atoms with Crippen LogP contribution in [0.25, 0.3) is 0 Å². The number of hydrogen-bond donors (Lipinski definition) is 1. The number of hydrogen-bond acceptors (Lipinski definition) is 11. The lowest BCUT2D eigenvalue weighted by Gasteiger charge is -2.12. The van der Waals surface area contributed by atoms with Crippen LogP contribution in [-0.4, -0.2) is 42.5 Å². The maximum Gasteiger partial charge on any atom is 0.344 e. The fourth-order valence-corrected chi connectivity index (χ4v) is 2.59. The number of para-hydroxylation sites is 1. The van der Waals surface area contributed by atoms with Gasteiger partial charge in [0.05, 0.1) is 10.5 Å². The molecule has 1 unspecified atom stereocenters. The molecule has 33 heavy (non-hydrogen) atoms. The van der Waals surface area contributed by atoms with Crippen molar-refractivity contribution < 1.29 is 48.7 Å². The highest BCUT2D eigenvalue weighted by atomic mass is 17.0. The summed E-state index contributed by atoms with van der Waals surface area (Å²) in [5.74, 6) is -2.26. The van der Waals surface area contributed by atoms with Gasteiger partial charge in [-0.25, -0.2) is 14.4 Å². The Morgan fingerprint density at radius 1 is 1.03 bits per heavy atom. The summed E-state index contributed by atoms with van der Waals surface area (Å²) in [4.78, 5) is 64.9. The molecule has 0 radical (unpaired) electrons. The maximum atomic E-state index is 12.2. The summed E-state index contributed by atoms with van der Waals surface area (Å²) < 4.78 is 14.7. The van der Waals surface area contributed by atoms with E-state index in [0.717, 1.165) is 5.34 Å². The Bertz CT molecular complexity index is 1010. The van der Waals surface area contributed by atoms with Crippen molar-refractivity contribution in [3.63, 3.8) is 0 Å². The minimum atomic E-state index is -1.05. The van der Waals surface area contributed by atoms with Crippen LogP contribution in [0.2, 0.25) is 0 Å². The molecule has 0 aliphatic heterocycles. The van der Waals surface area contributed by atoms with Crippen molar-refractivity contribution in [3.8, 4) is 5.75 Å². The molecule has 0 aromatic heterocycles. The van der Waals surface area contributed by atoms with Crippen LogP contribution in [0.3, 0.4) is 0 Å². The van der Waals surface area contributed by atoms with Crippen LogP contribution < -0.4 is 10.1 Å². The SMILES string of the molecule is CC(=O)Oc1ccccc1C(=O)OCOC(=O)c1ccc(CC(CO[NH+]=O)O[N+](=O)[O-])cc1. The molecule has 0 bridgehead atoms. The molecule has 0 saturated heterocycles. The first kappa shape index (κ1) is 24.7. The van der Waals surface area contributed by atoms with Crippen molar-refractivity contribution >= 4 is 17.9 Å². The van der Waals surface area contributed by atoms with Crippen LogP contribution in [0.15, 0.2) is 48.5 Å². The summed E-state index contributed by atoms with van der Waals surface area (Å²) in [6, 6.07) is 11.7. The van der Waals surface area contributed by atoms with Crippen LogP contribution in [0, 0.1) is 15.0 Å². The van der Waals surface area contributed by atoms with Crippen LogP contribution in [0.1, 0.15) is 33.2 Å². The third-order valence-corrected chi connectivity index (χ3v) is 3.96. The lowest BCUT2D eigenvalue weighted by molar-refractivity contribution is -0.795. The van der Waals surface area contributed by atoms with Gasteiger partial charge in [0.1, 0.15) is 11.3 Å². The molecule has 0 fully saturated rings.